The van der Waals surface area contributed by atoms with E-state index in [1.54, 1.807) is 12.3 Å². The van der Waals surface area contributed by atoms with Crippen molar-refractivity contribution in [3.8, 4) is 11.8 Å². The average molecular weight is 428 g/mol. The molecule has 1 heterocycles. The summed E-state index contributed by atoms with van der Waals surface area (Å²) in [5, 5.41) is 4.39. The van der Waals surface area contributed by atoms with Crippen molar-refractivity contribution >= 4 is 23.7 Å². The molecule has 1 aromatic carbocycles. The van der Waals surface area contributed by atoms with Gasteiger partial charge >= 0.3 is 6.18 Å². The molecule has 0 amide bonds. The van der Waals surface area contributed by atoms with E-state index in [0.717, 1.165) is 12.1 Å². The van der Waals surface area contributed by atoms with Crippen molar-refractivity contribution in [2.45, 2.75) is 37.4 Å². The summed E-state index contributed by atoms with van der Waals surface area (Å²) < 4.78 is 48.8. The van der Waals surface area contributed by atoms with Crippen molar-refractivity contribution in [2.24, 2.45) is 10.5 Å². The SMILES string of the molecule is COc1cc(OC)nc(SC(/C=N/Nc2cccc(C(F)(F)F)c2)C(C)(C)C)n1. The van der Waals surface area contributed by atoms with Gasteiger partial charge in [0.1, 0.15) is 0 Å². The summed E-state index contributed by atoms with van der Waals surface area (Å²) >= 11 is 1.35. The molecule has 0 aliphatic heterocycles. The van der Waals surface area contributed by atoms with Crippen LogP contribution in [0.3, 0.4) is 0 Å². The Balaban J connectivity index is 2.18. The number of nitrogens with zero attached hydrogens (tertiary/aromatic N) is 3. The van der Waals surface area contributed by atoms with Gasteiger partial charge in [0.15, 0.2) is 5.16 Å². The molecule has 10 heteroatoms. The zero-order valence-corrected chi connectivity index (χ0v) is 17.6. The van der Waals surface area contributed by atoms with Gasteiger partial charge in [0.05, 0.1) is 36.8 Å². The fraction of sp³-hybridized carbons (Fsp3) is 0.421. The number of hydrogen-bond donors (Lipinski definition) is 1. The monoisotopic (exact) mass is 428 g/mol. The van der Waals surface area contributed by atoms with Crippen LogP contribution in [-0.4, -0.2) is 35.7 Å². The molecule has 29 heavy (non-hydrogen) atoms. The van der Waals surface area contributed by atoms with Gasteiger partial charge in [-0.3, -0.25) is 5.43 Å². The van der Waals surface area contributed by atoms with Gasteiger partial charge in [-0.25, -0.2) is 0 Å². The molecular weight excluding hydrogens is 405 g/mol. The Labute approximate surface area is 171 Å². The van der Waals surface area contributed by atoms with Crippen molar-refractivity contribution in [3.05, 3.63) is 35.9 Å². The zero-order chi connectivity index (χ0) is 21.7. The van der Waals surface area contributed by atoms with Gasteiger partial charge in [-0.2, -0.15) is 28.2 Å². The van der Waals surface area contributed by atoms with Gasteiger partial charge in [-0.15, -0.1) is 0 Å². The summed E-state index contributed by atoms with van der Waals surface area (Å²) in [6, 6.07) is 6.43. The quantitative estimate of drug-likeness (QED) is 0.286. The molecule has 0 bridgehead atoms. The van der Waals surface area contributed by atoms with Crippen LogP contribution in [0.15, 0.2) is 40.6 Å². The molecule has 0 spiro atoms. The van der Waals surface area contributed by atoms with Crippen molar-refractivity contribution in [2.75, 3.05) is 19.6 Å². The first-order chi connectivity index (χ1) is 13.5. The first-order valence-electron chi connectivity index (χ1n) is 8.63. The molecule has 6 nitrogen and oxygen atoms in total. The van der Waals surface area contributed by atoms with Crippen LogP contribution in [-0.2, 0) is 6.18 Å². The largest absolute Gasteiger partial charge is 0.481 e. The Morgan fingerprint density at radius 3 is 2.21 bits per heavy atom. The third kappa shape index (κ3) is 6.81. The van der Waals surface area contributed by atoms with Gasteiger partial charge in [0.25, 0.3) is 0 Å². The molecule has 158 valence electrons. The van der Waals surface area contributed by atoms with Crippen LogP contribution < -0.4 is 14.9 Å². The fourth-order valence-electron chi connectivity index (χ4n) is 2.13. The fourth-order valence-corrected chi connectivity index (χ4v) is 3.12. The molecule has 0 aliphatic carbocycles. The molecule has 0 aliphatic rings. The predicted octanol–water partition coefficient (Wildman–Crippen LogP) is 5.12. The van der Waals surface area contributed by atoms with E-state index in [1.165, 1.54) is 38.1 Å². The molecule has 1 atom stereocenters. The van der Waals surface area contributed by atoms with E-state index in [9.17, 15) is 13.2 Å². The predicted molar refractivity (Wildman–Crippen MR) is 108 cm³/mol. The minimum Gasteiger partial charge on any atom is -0.481 e. The molecule has 2 rings (SSSR count). The lowest BCUT2D eigenvalue weighted by Gasteiger charge is -2.26. The lowest BCUT2D eigenvalue weighted by Crippen LogP contribution is -2.25. The highest BCUT2D eigenvalue weighted by Crippen LogP contribution is 2.34. The summed E-state index contributed by atoms with van der Waals surface area (Å²) in [7, 11) is 3.00. The standard InChI is InChI=1S/C19H23F3N4O2S/c1-18(2,3)14(29-17-24-15(27-4)10-16(25-17)28-5)11-23-26-13-8-6-7-12(9-13)19(20,21)22/h6-11,14,26H,1-5H3/b23-11+. The van der Waals surface area contributed by atoms with Crippen LogP contribution in [0, 0.1) is 5.41 Å². The van der Waals surface area contributed by atoms with E-state index in [4.69, 9.17) is 9.47 Å². The Bertz CT molecular complexity index is 832. The van der Waals surface area contributed by atoms with Crippen molar-refractivity contribution < 1.29 is 22.6 Å². The van der Waals surface area contributed by atoms with Crippen molar-refractivity contribution in [3.63, 3.8) is 0 Å². The summed E-state index contributed by atoms with van der Waals surface area (Å²) in [6.45, 7) is 6.04. The van der Waals surface area contributed by atoms with E-state index in [0.29, 0.717) is 16.9 Å². The second kappa shape index (κ2) is 9.34. The van der Waals surface area contributed by atoms with E-state index in [1.807, 2.05) is 20.8 Å². The van der Waals surface area contributed by atoms with E-state index >= 15 is 0 Å². The number of rotatable bonds is 7. The van der Waals surface area contributed by atoms with Crippen LogP contribution in [0.4, 0.5) is 18.9 Å². The molecule has 1 N–H and O–H groups in total. The van der Waals surface area contributed by atoms with Crippen molar-refractivity contribution in [1.29, 1.82) is 0 Å². The summed E-state index contributed by atoms with van der Waals surface area (Å²) in [5.41, 5.74) is 1.93. The summed E-state index contributed by atoms with van der Waals surface area (Å²) in [5.74, 6) is 0.733. The van der Waals surface area contributed by atoms with E-state index in [2.05, 4.69) is 20.5 Å². The first kappa shape index (κ1) is 22.8. The summed E-state index contributed by atoms with van der Waals surface area (Å²) in [4.78, 5) is 8.60. The molecule has 0 saturated carbocycles. The Morgan fingerprint density at radius 1 is 1.07 bits per heavy atom. The number of thioether (sulfide) groups is 1. The number of aromatic nitrogens is 2. The highest BCUT2D eigenvalue weighted by molar-refractivity contribution is 8.00. The number of hydrazone groups is 1. The van der Waals surface area contributed by atoms with Crippen molar-refractivity contribution in [1.82, 2.24) is 9.97 Å². The lowest BCUT2D eigenvalue weighted by molar-refractivity contribution is -0.137. The van der Waals surface area contributed by atoms with Crippen LogP contribution >= 0.6 is 11.8 Å². The molecular formula is C19H23F3N4O2S. The number of benzene rings is 1. The van der Waals surface area contributed by atoms with Gasteiger partial charge < -0.3 is 9.47 Å². The number of anilines is 1. The highest BCUT2D eigenvalue weighted by atomic mass is 32.2. The van der Waals surface area contributed by atoms with Gasteiger partial charge in [-0.1, -0.05) is 38.6 Å². The van der Waals surface area contributed by atoms with Crippen LogP contribution in [0.25, 0.3) is 0 Å². The third-order valence-electron chi connectivity index (χ3n) is 3.76. The molecule has 0 radical (unpaired) electrons. The molecule has 2 aromatic rings. The minimum atomic E-state index is -4.41. The van der Waals surface area contributed by atoms with Crippen LogP contribution in [0.2, 0.25) is 0 Å². The second-order valence-electron chi connectivity index (χ2n) is 7.11. The Hall–Kier alpha value is -2.49. The minimum absolute atomic E-state index is 0.183. The smallest absolute Gasteiger partial charge is 0.416 e. The van der Waals surface area contributed by atoms with Gasteiger partial charge in [-0.05, 0) is 23.6 Å². The topological polar surface area (TPSA) is 68.6 Å². The number of hydrogen-bond acceptors (Lipinski definition) is 7. The number of nitrogens with one attached hydrogen (secondary N) is 1. The molecule has 0 saturated heterocycles. The maximum absolute atomic E-state index is 12.8. The summed E-state index contributed by atoms with van der Waals surface area (Å²) in [6.07, 6.45) is -2.78. The first-order valence-corrected chi connectivity index (χ1v) is 9.51. The second-order valence-corrected chi connectivity index (χ2v) is 8.22. The Morgan fingerprint density at radius 2 is 1.69 bits per heavy atom. The molecule has 0 fully saturated rings. The van der Waals surface area contributed by atoms with E-state index < -0.39 is 11.7 Å². The van der Waals surface area contributed by atoms with Crippen LogP contribution in [0.5, 0.6) is 11.8 Å². The number of halogens is 3. The Kier molecular flexibility index (Phi) is 7.34. The number of methoxy groups -OCH3 is 2. The highest BCUT2D eigenvalue weighted by Gasteiger charge is 2.30. The van der Waals surface area contributed by atoms with Gasteiger partial charge in [0.2, 0.25) is 11.8 Å². The van der Waals surface area contributed by atoms with Gasteiger partial charge in [0, 0.05) is 6.21 Å². The third-order valence-corrected chi connectivity index (χ3v) is 5.23. The number of alkyl halides is 3. The zero-order valence-electron chi connectivity index (χ0n) is 16.7. The maximum atomic E-state index is 12.8. The molecule has 1 unspecified atom stereocenters. The number of ether oxygens (including phenoxy) is 2. The van der Waals surface area contributed by atoms with Crippen LogP contribution in [0.1, 0.15) is 26.3 Å². The maximum Gasteiger partial charge on any atom is 0.416 e. The van der Waals surface area contributed by atoms with E-state index in [-0.39, 0.29) is 16.4 Å². The molecule has 1 aromatic heterocycles. The lowest BCUT2D eigenvalue weighted by atomic mass is 9.92. The average Bonchev–Trinajstić information content (AvgIpc) is 2.65. The normalized spacial score (nSPS) is 13.4.